The fourth-order valence-corrected chi connectivity index (χ4v) is 2.36. The van der Waals surface area contributed by atoms with Gasteiger partial charge in [0.05, 0.1) is 11.8 Å². The number of hydrogen-bond donors (Lipinski definition) is 3. The molecule has 1 aliphatic heterocycles. The number of nitrogens with one attached hydrogen (secondary N) is 2. The summed E-state index contributed by atoms with van der Waals surface area (Å²) in [7, 11) is 0. The van der Waals surface area contributed by atoms with E-state index in [4.69, 9.17) is 5.11 Å². The molecular formula is C13H24N2O3. The lowest BCUT2D eigenvalue weighted by Gasteiger charge is -2.29. The molecule has 2 atom stereocenters. The average molecular weight is 256 g/mol. The number of carboxylic acid groups (broad SMARTS) is 1. The Morgan fingerprint density at radius 1 is 1.44 bits per heavy atom. The third-order valence-electron chi connectivity index (χ3n) is 3.92. The van der Waals surface area contributed by atoms with Gasteiger partial charge in [0.15, 0.2) is 0 Å². The first kappa shape index (κ1) is 15.0. The van der Waals surface area contributed by atoms with Crippen molar-refractivity contribution < 1.29 is 14.7 Å². The number of amides is 1. The van der Waals surface area contributed by atoms with Crippen molar-refractivity contribution in [3.05, 3.63) is 0 Å². The number of carboxylic acids is 1. The maximum absolute atomic E-state index is 12.4. The van der Waals surface area contributed by atoms with Crippen molar-refractivity contribution in [3.8, 4) is 0 Å². The Balaban J connectivity index is 2.68. The van der Waals surface area contributed by atoms with E-state index in [-0.39, 0.29) is 29.7 Å². The minimum Gasteiger partial charge on any atom is -0.481 e. The summed E-state index contributed by atoms with van der Waals surface area (Å²) >= 11 is 0. The minimum atomic E-state index is -0.871. The third kappa shape index (κ3) is 3.45. The maximum Gasteiger partial charge on any atom is 0.305 e. The van der Waals surface area contributed by atoms with E-state index in [1.807, 2.05) is 20.8 Å². The van der Waals surface area contributed by atoms with Crippen LogP contribution >= 0.6 is 0 Å². The fourth-order valence-electron chi connectivity index (χ4n) is 2.36. The van der Waals surface area contributed by atoms with Gasteiger partial charge in [-0.15, -0.1) is 0 Å². The highest BCUT2D eigenvalue weighted by Gasteiger charge is 2.40. The molecule has 1 fully saturated rings. The van der Waals surface area contributed by atoms with Gasteiger partial charge in [-0.25, -0.2) is 0 Å². The van der Waals surface area contributed by atoms with Gasteiger partial charge in [0.1, 0.15) is 0 Å². The van der Waals surface area contributed by atoms with Crippen LogP contribution in [0.25, 0.3) is 0 Å². The molecule has 18 heavy (non-hydrogen) atoms. The van der Waals surface area contributed by atoms with E-state index in [0.29, 0.717) is 6.54 Å². The van der Waals surface area contributed by atoms with Crippen molar-refractivity contribution in [2.45, 2.75) is 46.1 Å². The van der Waals surface area contributed by atoms with E-state index in [1.165, 1.54) is 0 Å². The zero-order valence-corrected chi connectivity index (χ0v) is 11.5. The number of rotatable bonds is 6. The first-order chi connectivity index (χ1) is 8.41. The van der Waals surface area contributed by atoms with Gasteiger partial charge in [0.25, 0.3) is 0 Å². The smallest absolute Gasteiger partial charge is 0.305 e. The average Bonchev–Trinajstić information content (AvgIpc) is 2.77. The highest BCUT2D eigenvalue weighted by Crippen LogP contribution is 2.30. The third-order valence-corrected chi connectivity index (χ3v) is 3.92. The van der Waals surface area contributed by atoms with E-state index < -0.39 is 5.97 Å². The zero-order chi connectivity index (χ0) is 13.8. The molecule has 5 heteroatoms. The van der Waals surface area contributed by atoms with Gasteiger partial charge in [-0.05, 0) is 25.3 Å². The zero-order valence-electron chi connectivity index (χ0n) is 11.5. The largest absolute Gasteiger partial charge is 0.481 e. The summed E-state index contributed by atoms with van der Waals surface area (Å²) in [6.45, 7) is 7.41. The first-order valence-corrected chi connectivity index (χ1v) is 6.65. The topological polar surface area (TPSA) is 78.4 Å². The van der Waals surface area contributed by atoms with Crippen LogP contribution in [0.2, 0.25) is 0 Å². The van der Waals surface area contributed by atoms with E-state index in [2.05, 4.69) is 10.6 Å². The molecule has 0 aliphatic carbocycles. The summed E-state index contributed by atoms with van der Waals surface area (Å²) in [5.41, 5.74) is -0.356. The molecule has 3 N–H and O–H groups in total. The Hall–Kier alpha value is -1.10. The number of carbonyl (C=O) groups excluding carboxylic acids is 1. The van der Waals surface area contributed by atoms with Gasteiger partial charge >= 0.3 is 5.97 Å². The van der Waals surface area contributed by atoms with Crippen molar-refractivity contribution in [1.82, 2.24) is 10.6 Å². The molecule has 1 amide bonds. The summed E-state index contributed by atoms with van der Waals surface area (Å²) in [5, 5.41) is 15.0. The summed E-state index contributed by atoms with van der Waals surface area (Å²) in [4.78, 5) is 23.2. The Bertz CT molecular complexity index is 309. The number of aliphatic carboxylic acids is 1. The number of carbonyl (C=O) groups is 2. The van der Waals surface area contributed by atoms with Crippen molar-refractivity contribution in [3.63, 3.8) is 0 Å². The molecule has 1 aliphatic rings. The van der Waals surface area contributed by atoms with Gasteiger partial charge in [-0.1, -0.05) is 20.8 Å². The van der Waals surface area contributed by atoms with E-state index in [1.54, 1.807) is 0 Å². The monoisotopic (exact) mass is 256 g/mol. The lowest BCUT2D eigenvalue weighted by Crippen LogP contribution is -2.48. The predicted molar refractivity (Wildman–Crippen MR) is 69.2 cm³/mol. The molecule has 1 saturated heterocycles. The van der Waals surface area contributed by atoms with Crippen LogP contribution in [0.15, 0.2) is 0 Å². The second kappa shape index (κ2) is 6.18. The summed E-state index contributed by atoms with van der Waals surface area (Å²) in [6.07, 6.45) is 1.59. The highest BCUT2D eigenvalue weighted by atomic mass is 16.4. The molecule has 1 rings (SSSR count). The molecule has 0 saturated carbocycles. The van der Waals surface area contributed by atoms with Crippen LogP contribution in [0.4, 0.5) is 0 Å². The van der Waals surface area contributed by atoms with Gasteiger partial charge in [0, 0.05) is 12.6 Å². The van der Waals surface area contributed by atoms with Crippen LogP contribution in [-0.2, 0) is 9.59 Å². The lowest BCUT2D eigenvalue weighted by atomic mass is 9.82. The predicted octanol–water partition coefficient (Wildman–Crippen LogP) is 0.992. The number of hydrogen-bond acceptors (Lipinski definition) is 3. The van der Waals surface area contributed by atoms with Crippen LogP contribution in [0.5, 0.6) is 0 Å². The fraction of sp³-hybridized carbons (Fsp3) is 0.846. The second-order valence-electron chi connectivity index (χ2n) is 5.48. The van der Waals surface area contributed by atoms with Crippen molar-refractivity contribution in [1.29, 1.82) is 0 Å². The van der Waals surface area contributed by atoms with Crippen LogP contribution < -0.4 is 10.6 Å². The summed E-state index contributed by atoms with van der Waals surface area (Å²) in [6, 6.07) is -0.293. The van der Waals surface area contributed by atoms with Crippen LogP contribution in [0.1, 0.15) is 40.0 Å². The van der Waals surface area contributed by atoms with Gasteiger partial charge in [0.2, 0.25) is 5.91 Å². The van der Waals surface area contributed by atoms with Crippen LogP contribution in [0, 0.1) is 11.3 Å². The van der Waals surface area contributed by atoms with E-state index in [9.17, 15) is 9.59 Å². The molecule has 104 valence electrons. The Kier molecular flexibility index (Phi) is 5.14. The van der Waals surface area contributed by atoms with Crippen LogP contribution in [-0.4, -0.2) is 36.1 Å². The molecular weight excluding hydrogens is 232 g/mol. The van der Waals surface area contributed by atoms with E-state index >= 15 is 0 Å². The van der Waals surface area contributed by atoms with Gasteiger partial charge in [-0.3, -0.25) is 9.59 Å². The van der Waals surface area contributed by atoms with Crippen molar-refractivity contribution >= 4 is 11.9 Å². The molecule has 0 aromatic carbocycles. The highest BCUT2D eigenvalue weighted by molar-refractivity contribution is 5.84. The van der Waals surface area contributed by atoms with Gasteiger partial charge < -0.3 is 15.7 Å². The lowest BCUT2D eigenvalue weighted by molar-refractivity contribution is -0.138. The van der Waals surface area contributed by atoms with Crippen LogP contribution in [0.3, 0.4) is 0 Å². The summed E-state index contributed by atoms with van der Waals surface area (Å²) < 4.78 is 0. The van der Waals surface area contributed by atoms with Crippen molar-refractivity contribution in [2.75, 3.05) is 13.1 Å². The second-order valence-corrected chi connectivity index (χ2v) is 5.48. The van der Waals surface area contributed by atoms with E-state index in [0.717, 1.165) is 19.4 Å². The molecule has 2 unspecified atom stereocenters. The minimum absolute atomic E-state index is 0.00468. The standard InChI is InChI=1S/C13H24N2O3/c1-4-13(5-6-14-8-13)12(18)15-10(9(2)3)7-11(16)17/h9-10,14H,4-8H2,1-3H3,(H,15,18)(H,16,17). The molecule has 1 heterocycles. The molecule has 5 nitrogen and oxygen atoms in total. The summed E-state index contributed by atoms with van der Waals surface area (Å²) in [5.74, 6) is -0.757. The molecule has 0 radical (unpaired) electrons. The maximum atomic E-state index is 12.4. The molecule has 0 aromatic heterocycles. The van der Waals surface area contributed by atoms with Gasteiger partial charge in [-0.2, -0.15) is 0 Å². The Morgan fingerprint density at radius 2 is 2.11 bits per heavy atom. The molecule has 0 spiro atoms. The Morgan fingerprint density at radius 3 is 2.50 bits per heavy atom. The van der Waals surface area contributed by atoms with Crippen molar-refractivity contribution in [2.24, 2.45) is 11.3 Å². The molecule has 0 bridgehead atoms. The normalized spacial score (nSPS) is 25.1. The Labute approximate surface area is 108 Å². The SMILES string of the molecule is CCC1(C(=O)NC(CC(=O)O)C(C)C)CCNC1. The molecule has 0 aromatic rings. The quantitative estimate of drug-likeness (QED) is 0.662. The first-order valence-electron chi connectivity index (χ1n) is 6.65.